The highest BCUT2D eigenvalue weighted by Crippen LogP contribution is 2.47. The summed E-state index contributed by atoms with van der Waals surface area (Å²) in [7, 11) is 1.79. The van der Waals surface area contributed by atoms with Gasteiger partial charge in [0.15, 0.2) is 5.43 Å². The van der Waals surface area contributed by atoms with Gasteiger partial charge in [0.2, 0.25) is 0 Å². The Balaban J connectivity index is 0.00000306. The summed E-state index contributed by atoms with van der Waals surface area (Å²) in [6.45, 7) is 6.23. The number of nitrogens with zero attached hydrogens (tertiary/aromatic N) is 1. The first-order chi connectivity index (χ1) is 15.0. The summed E-state index contributed by atoms with van der Waals surface area (Å²) in [5, 5.41) is 35.8. The van der Waals surface area contributed by atoms with Crippen LogP contribution in [0.15, 0.2) is 39.5 Å². The lowest BCUT2D eigenvalue weighted by atomic mass is 9.87. The first-order valence-electron chi connectivity index (χ1n) is 10.5. The second-order valence-corrected chi connectivity index (χ2v) is 9.21. The van der Waals surface area contributed by atoms with Crippen molar-refractivity contribution in [1.29, 1.82) is 0 Å². The lowest BCUT2D eigenvalue weighted by molar-refractivity contribution is -0.0627. The van der Waals surface area contributed by atoms with Crippen LogP contribution in [0.2, 0.25) is 5.02 Å². The molecule has 1 aromatic heterocycles. The van der Waals surface area contributed by atoms with Gasteiger partial charge in [-0.1, -0.05) is 17.7 Å². The fourth-order valence-corrected chi connectivity index (χ4v) is 4.72. The van der Waals surface area contributed by atoms with E-state index in [9.17, 15) is 20.1 Å². The number of benzene rings is 2. The van der Waals surface area contributed by atoms with E-state index < -0.39 is 17.1 Å². The van der Waals surface area contributed by atoms with Crippen LogP contribution in [0, 0.1) is 0 Å². The average molecular weight is 495 g/mol. The number of aromatic hydroxyl groups is 2. The highest BCUT2D eigenvalue weighted by atomic mass is 35.5. The molecule has 2 heterocycles. The summed E-state index contributed by atoms with van der Waals surface area (Å²) in [5.41, 5.74) is -0.206. The SMILES string of the molecule is CC(C)Nc1cccc(-c2cc(=O)c3c(O)cc(O)c(C4CCN(C)C4(C)O)c3o2)c1Cl.Cl. The number of likely N-dealkylation sites (tertiary alicyclic amines) is 1. The van der Waals surface area contributed by atoms with Gasteiger partial charge in [0.25, 0.3) is 0 Å². The van der Waals surface area contributed by atoms with E-state index in [1.807, 2.05) is 19.9 Å². The maximum absolute atomic E-state index is 13.0. The highest BCUT2D eigenvalue weighted by Gasteiger charge is 2.45. The molecule has 0 amide bonds. The van der Waals surface area contributed by atoms with E-state index >= 15 is 0 Å². The standard InChI is InChI=1S/C24H27ClN2O5.ClH/c1-12(2)26-15-7-5-6-13(22(15)25)19-11-18(30)21-17(29)10-16(28)20(23(21)32-19)14-8-9-27(4)24(14,3)31;/h5-7,10-12,14,26,28-29,31H,8-9H2,1-4H3;1H. The van der Waals surface area contributed by atoms with Crippen LogP contribution in [0.5, 0.6) is 11.5 Å². The molecule has 2 aromatic carbocycles. The molecule has 1 aliphatic heterocycles. The second-order valence-electron chi connectivity index (χ2n) is 8.83. The fraction of sp³-hybridized carbons (Fsp3) is 0.375. The van der Waals surface area contributed by atoms with Crippen molar-refractivity contribution in [2.45, 2.75) is 44.9 Å². The van der Waals surface area contributed by atoms with Crippen LogP contribution in [0.4, 0.5) is 5.69 Å². The minimum absolute atomic E-state index is 0. The van der Waals surface area contributed by atoms with Gasteiger partial charge in [0.1, 0.15) is 34.0 Å². The lowest BCUT2D eigenvalue weighted by Crippen LogP contribution is -2.41. The zero-order valence-corrected chi connectivity index (χ0v) is 20.4. The van der Waals surface area contributed by atoms with Gasteiger partial charge in [-0.25, -0.2) is 0 Å². The van der Waals surface area contributed by atoms with E-state index in [4.69, 9.17) is 16.0 Å². The number of nitrogens with one attached hydrogen (secondary N) is 1. The molecule has 7 nitrogen and oxygen atoms in total. The number of phenolic OH excluding ortho intramolecular Hbond substituents is 2. The highest BCUT2D eigenvalue weighted by molar-refractivity contribution is 6.35. The molecule has 2 unspecified atom stereocenters. The third kappa shape index (κ3) is 4.26. The van der Waals surface area contributed by atoms with E-state index in [-0.39, 0.29) is 46.7 Å². The molecule has 0 spiro atoms. The van der Waals surface area contributed by atoms with Crippen molar-refractivity contribution < 1.29 is 19.7 Å². The van der Waals surface area contributed by atoms with Crippen LogP contribution in [0.25, 0.3) is 22.3 Å². The molecular weight excluding hydrogens is 467 g/mol. The largest absolute Gasteiger partial charge is 0.507 e. The summed E-state index contributed by atoms with van der Waals surface area (Å²) in [6, 6.07) is 7.92. The zero-order chi connectivity index (χ0) is 23.4. The number of hydrogen-bond donors (Lipinski definition) is 4. The number of fused-ring (bicyclic) bond motifs is 1. The third-order valence-corrected chi connectivity index (χ3v) is 6.65. The van der Waals surface area contributed by atoms with E-state index in [0.29, 0.717) is 34.8 Å². The smallest absolute Gasteiger partial charge is 0.197 e. The van der Waals surface area contributed by atoms with Gasteiger partial charge in [0, 0.05) is 41.8 Å². The van der Waals surface area contributed by atoms with Gasteiger partial charge in [-0.05, 0) is 46.4 Å². The number of anilines is 1. The second kappa shape index (κ2) is 9.06. The molecule has 178 valence electrons. The third-order valence-electron chi connectivity index (χ3n) is 6.24. The molecule has 0 aliphatic carbocycles. The maximum atomic E-state index is 13.0. The Morgan fingerprint density at radius 1 is 1.24 bits per heavy atom. The van der Waals surface area contributed by atoms with Crippen molar-refractivity contribution in [3.8, 4) is 22.8 Å². The van der Waals surface area contributed by atoms with Crippen LogP contribution in [0.1, 0.15) is 38.7 Å². The maximum Gasteiger partial charge on any atom is 0.197 e. The molecule has 0 radical (unpaired) electrons. The Hall–Kier alpha value is -2.45. The Bertz CT molecular complexity index is 1260. The first kappa shape index (κ1) is 25.2. The van der Waals surface area contributed by atoms with Crippen molar-refractivity contribution in [2.75, 3.05) is 18.9 Å². The summed E-state index contributed by atoms with van der Waals surface area (Å²) in [4.78, 5) is 14.8. The molecule has 1 fully saturated rings. The molecular formula is C24H28Cl2N2O5. The van der Waals surface area contributed by atoms with E-state index in [0.717, 1.165) is 6.07 Å². The van der Waals surface area contributed by atoms with Gasteiger partial charge in [-0.2, -0.15) is 0 Å². The lowest BCUT2D eigenvalue weighted by Gasteiger charge is -2.32. The molecule has 33 heavy (non-hydrogen) atoms. The van der Waals surface area contributed by atoms with Crippen molar-refractivity contribution in [1.82, 2.24) is 4.90 Å². The van der Waals surface area contributed by atoms with Gasteiger partial charge in [0.05, 0.1) is 10.7 Å². The van der Waals surface area contributed by atoms with E-state index in [1.54, 1.807) is 31.0 Å². The van der Waals surface area contributed by atoms with Crippen molar-refractivity contribution in [2.24, 2.45) is 0 Å². The molecule has 1 saturated heterocycles. The topological polar surface area (TPSA) is 106 Å². The van der Waals surface area contributed by atoms with Crippen molar-refractivity contribution in [3.05, 3.63) is 51.1 Å². The molecule has 2 atom stereocenters. The van der Waals surface area contributed by atoms with Crippen LogP contribution in [0.3, 0.4) is 0 Å². The molecule has 1 aliphatic rings. The predicted molar refractivity (Wildman–Crippen MR) is 133 cm³/mol. The minimum Gasteiger partial charge on any atom is -0.507 e. The van der Waals surface area contributed by atoms with Gasteiger partial charge in [-0.15, -0.1) is 12.4 Å². The Morgan fingerprint density at radius 2 is 1.94 bits per heavy atom. The predicted octanol–water partition coefficient (Wildman–Crippen LogP) is 4.89. The van der Waals surface area contributed by atoms with Crippen LogP contribution >= 0.6 is 24.0 Å². The van der Waals surface area contributed by atoms with Gasteiger partial charge in [-0.3, -0.25) is 9.69 Å². The normalized spacial score (nSPS) is 20.9. The molecule has 0 saturated carbocycles. The first-order valence-corrected chi connectivity index (χ1v) is 10.9. The Kier molecular flexibility index (Phi) is 6.92. The van der Waals surface area contributed by atoms with Gasteiger partial charge < -0.3 is 25.1 Å². The number of aliphatic hydroxyl groups is 1. The van der Waals surface area contributed by atoms with E-state index in [2.05, 4.69) is 5.32 Å². The van der Waals surface area contributed by atoms with E-state index in [1.165, 1.54) is 6.07 Å². The zero-order valence-electron chi connectivity index (χ0n) is 18.8. The Morgan fingerprint density at radius 3 is 2.55 bits per heavy atom. The molecule has 3 aromatic rings. The number of likely N-dealkylation sites (N-methyl/N-ethyl adjacent to an activating group) is 1. The fourth-order valence-electron chi connectivity index (χ4n) is 4.44. The number of rotatable bonds is 4. The minimum atomic E-state index is -1.27. The summed E-state index contributed by atoms with van der Waals surface area (Å²) in [5.74, 6) is -0.943. The quantitative estimate of drug-likeness (QED) is 0.408. The summed E-state index contributed by atoms with van der Waals surface area (Å²) >= 11 is 6.61. The molecule has 4 N–H and O–H groups in total. The van der Waals surface area contributed by atoms with Gasteiger partial charge >= 0.3 is 0 Å². The summed E-state index contributed by atoms with van der Waals surface area (Å²) < 4.78 is 6.14. The number of hydrogen-bond acceptors (Lipinski definition) is 7. The molecule has 0 bridgehead atoms. The molecule has 4 rings (SSSR count). The number of phenols is 2. The van der Waals surface area contributed by atoms with Crippen LogP contribution in [-0.2, 0) is 0 Å². The number of halogens is 2. The van der Waals surface area contributed by atoms with Crippen molar-refractivity contribution >= 4 is 40.7 Å². The van der Waals surface area contributed by atoms with Crippen LogP contribution in [-0.4, -0.2) is 45.6 Å². The summed E-state index contributed by atoms with van der Waals surface area (Å²) in [6.07, 6.45) is 0.541. The van der Waals surface area contributed by atoms with Crippen LogP contribution < -0.4 is 10.7 Å². The average Bonchev–Trinajstić information content (AvgIpc) is 2.95. The monoisotopic (exact) mass is 494 g/mol. The Labute approximate surface area is 203 Å². The van der Waals surface area contributed by atoms with Crippen molar-refractivity contribution in [3.63, 3.8) is 0 Å². The molecule has 9 heteroatoms.